The number of benzene rings is 1. The number of carbonyl (C=O) groups excluding carboxylic acids is 2. The molecule has 3 N–H and O–H groups in total. The first-order chi connectivity index (χ1) is 16.3. The lowest BCUT2D eigenvalue weighted by atomic mass is 9.32. The predicted octanol–water partition coefficient (Wildman–Crippen LogP) is 3.38. The molecule has 0 spiro atoms. The minimum atomic E-state index is -1.80. The van der Waals surface area contributed by atoms with Crippen molar-refractivity contribution in [3.63, 3.8) is 0 Å². The van der Waals surface area contributed by atoms with Crippen molar-refractivity contribution in [3.05, 3.63) is 42.0 Å². The molecule has 4 aliphatic rings. The second kappa shape index (κ2) is 7.74. The first-order valence-electron chi connectivity index (χ1n) is 12.9. The Morgan fingerprint density at radius 2 is 1.71 bits per heavy atom. The van der Waals surface area contributed by atoms with Gasteiger partial charge in [-0.2, -0.15) is 0 Å². The third kappa shape index (κ3) is 3.06. The molecule has 0 saturated heterocycles. The summed E-state index contributed by atoms with van der Waals surface area (Å²) >= 11 is 0. The molecule has 10 atom stereocenters. The summed E-state index contributed by atoms with van der Waals surface area (Å²) in [4.78, 5) is 27.0. The number of hydrogen-bond donors (Lipinski definition) is 3. The summed E-state index contributed by atoms with van der Waals surface area (Å²) in [6.45, 7) is 9.67. The Morgan fingerprint density at radius 1 is 1.06 bits per heavy atom. The molecule has 6 heteroatoms. The van der Waals surface area contributed by atoms with Gasteiger partial charge in [-0.15, -0.1) is 0 Å². The third-order valence-corrected chi connectivity index (χ3v) is 10.7. The molecule has 6 nitrogen and oxygen atoms in total. The molecule has 0 aromatic heterocycles. The van der Waals surface area contributed by atoms with E-state index in [1.165, 1.54) is 6.08 Å². The zero-order valence-electron chi connectivity index (χ0n) is 21.3. The highest BCUT2D eigenvalue weighted by Crippen LogP contribution is 2.73. The molecule has 4 saturated carbocycles. The number of fused-ring (bicyclic) bond motifs is 4. The fourth-order valence-corrected chi connectivity index (χ4v) is 8.47. The normalized spacial score (nSPS) is 48.0. The van der Waals surface area contributed by atoms with Gasteiger partial charge in [0, 0.05) is 22.8 Å². The predicted molar refractivity (Wildman–Crippen MR) is 131 cm³/mol. The highest BCUT2D eigenvalue weighted by molar-refractivity contribution is 5.96. The van der Waals surface area contributed by atoms with Gasteiger partial charge in [-0.3, -0.25) is 4.79 Å². The molecule has 0 bridgehead atoms. The summed E-state index contributed by atoms with van der Waals surface area (Å²) in [6, 6.07) is 9.39. The molecule has 0 aliphatic heterocycles. The number of esters is 1. The van der Waals surface area contributed by atoms with Crippen molar-refractivity contribution in [2.24, 2.45) is 39.9 Å². The summed E-state index contributed by atoms with van der Waals surface area (Å²) in [5.74, 6) is -2.23. The van der Waals surface area contributed by atoms with Crippen LogP contribution in [-0.4, -0.2) is 51.0 Å². The van der Waals surface area contributed by atoms with Crippen molar-refractivity contribution in [1.29, 1.82) is 0 Å². The average molecular weight is 483 g/mol. The zero-order valence-corrected chi connectivity index (χ0v) is 21.3. The molecular weight excluding hydrogens is 444 g/mol. The van der Waals surface area contributed by atoms with Crippen LogP contribution in [0.25, 0.3) is 6.08 Å². The molecule has 5 rings (SSSR count). The standard InChI is InChI=1S/C29H38O6/c1-16-15-29(34)21(22(16)35-19(30)12-11-17-9-7-6-8-10-17)24(32)27(4)14-13-18-20(23(31)26(18,2)3)28(27,5)25(29)33/h6-12,16,18,20-24,31-32,34H,13-15H2,1-5H3/b12-11+/t16-,18+,20-,21+,22-,23+,24+,27-,28+,29+/m0/s1. The molecular formula is C29H38O6. The van der Waals surface area contributed by atoms with Crippen LogP contribution in [0.3, 0.4) is 0 Å². The smallest absolute Gasteiger partial charge is 0.331 e. The Bertz CT molecular complexity index is 1060. The number of rotatable bonds is 3. The first-order valence-corrected chi connectivity index (χ1v) is 12.9. The van der Waals surface area contributed by atoms with Gasteiger partial charge in [0.25, 0.3) is 0 Å². The Hall–Kier alpha value is -2.02. The second-order valence-electron chi connectivity index (χ2n) is 12.6. The van der Waals surface area contributed by atoms with E-state index in [1.54, 1.807) is 6.08 Å². The first kappa shape index (κ1) is 24.7. The molecule has 0 radical (unpaired) electrons. The summed E-state index contributed by atoms with van der Waals surface area (Å²) in [7, 11) is 0. The Labute approximate surface area is 207 Å². The van der Waals surface area contributed by atoms with Crippen LogP contribution in [0.1, 0.15) is 59.4 Å². The fraction of sp³-hybridized carbons (Fsp3) is 0.655. The number of carbonyl (C=O) groups is 2. The molecule has 35 heavy (non-hydrogen) atoms. The van der Waals surface area contributed by atoms with Gasteiger partial charge in [-0.25, -0.2) is 4.79 Å². The van der Waals surface area contributed by atoms with Crippen LogP contribution in [0.4, 0.5) is 0 Å². The maximum atomic E-state index is 14.2. The Balaban J connectivity index is 1.46. The number of ketones is 1. The van der Waals surface area contributed by atoms with Gasteiger partial charge >= 0.3 is 5.97 Å². The van der Waals surface area contributed by atoms with Crippen molar-refractivity contribution >= 4 is 17.8 Å². The SMILES string of the molecule is C[C@H]1C[C@]2(O)C(=O)[C@@]3(C)[C@@H]4[C@@H](O)C(C)(C)[C@@H]4CC[C@@]3(C)[C@H](O)[C@H]2[C@H]1OC(=O)/C=C/c1ccccc1. The molecule has 0 unspecified atom stereocenters. The number of aliphatic hydroxyl groups is 3. The van der Waals surface area contributed by atoms with Crippen LogP contribution in [-0.2, 0) is 14.3 Å². The third-order valence-electron chi connectivity index (χ3n) is 10.7. The monoisotopic (exact) mass is 482 g/mol. The lowest BCUT2D eigenvalue weighted by molar-refractivity contribution is -0.294. The van der Waals surface area contributed by atoms with E-state index in [2.05, 4.69) is 0 Å². The topological polar surface area (TPSA) is 104 Å². The van der Waals surface area contributed by atoms with Gasteiger partial charge in [0.1, 0.15) is 11.7 Å². The quantitative estimate of drug-likeness (QED) is 0.451. The van der Waals surface area contributed by atoms with Crippen molar-refractivity contribution in [1.82, 2.24) is 0 Å². The number of Topliss-reactive ketones (excluding diaryl/α,β-unsaturated/α-hetero) is 1. The van der Waals surface area contributed by atoms with E-state index in [9.17, 15) is 24.9 Å². The van der Waals surface area contributed by atoms with Crippen LogP contribution in [0.2, 0.25) is 0 Å². The largest absolute Gasteiger partial charge is 0.458 e. The van der Waals surface area contributed by atoms with E-state index < -0.39 is 46.6 Å². The van der Waals surface area contributed by atoms with Crippen LogP contribution in [0.5, 0.6) is 0 Å². The molecule has 190 valence electrons. The molecule has 0 amide bonds. The molecule has 1 aromatic rings. The van der Waals surface area contributed by atoms with Crippen molar-refractivity contribution in [3.8, 4) is 0 Å². The van der Waals surface area contributed by atoms with E-state index in [1.807, 2.05) is 65.0 Å². The van der Waals surface area contributed by atoms with Gasteiger partial charge in [-0.05, 0) is 48.2 Å². The zero-order chi connectivity index (χ0) is 25.6. The second-order valence-corrected chi connectivity index (χ2v) is 12.6. The Morgan fingerprint density at radius 3 is 2.37 bits per heavy atom. The van der Waals surface area contributed by atoms with E-state index in [-0.39, 0.29) is 35.4 Å². The van der Waals surface area contributed by atoms with Crippen molar-refractivity contribution in [2.75, 3.05) is 0 Å². The summed E-state index contributed by atoms with van der Waals surface area (Å²) in [6.07, 6.45) is 2.04. The number of hydrogen-bond acceptors (Lipinski definition) is 6. The average Bonchev–Trinajstić information content (AvgIpc) is 3.08. The summed E-state index contributed by atoms with van der Waals surface area (Å²) in [5.41, 5.74) is -3.15. The van der Waals surface area contributed by atoms with E-state index >= 15 is 0 Å². The number of aliphatic hydroxyl groups excluding tert-OH is 2. The van der Waals surface area contributed by atoms with E-state index in [0.717, 1.165) is 12.0 Å². The fourth-order valence-electron chi connectivity index (χ4n) is 8.47. The molecule has 4 aliphatic carbocycles. The van der Waals surface area contributed by atoms with Gasteiger partial charge in [0.15, 0.2) is 5.78 Å². The van der Waals surface area contributed by atoms with E-state index in [4.69, 9.17) is 4.74 Å². The maximum absolute atomic E-state index is 14.2. The summed E-state index contributed by atoms with van der Waals surface area (Å²) < 4.78 is 5.83. The highest BCUT2D eigenvalue weighted by atomic mass is 16.5. The lowest BCUT2D eigenvalue weighted by Crippen LogP contribution is -2.78. The van der Waals surface area contributed by atoms with Crippen LogP contribution in [0.15, 0.2) is 36.4 Å². The minimum absolute atomic E-state index is 0.121. The molecule has 4 fully saturated rings. The maximum Gasteiger partial charge on any atom is 0.331 e. The van der Waals surface area contributed by atoms with Crippen molar-refractivity contribution in [2.45, 2.75) is 77.8 Å². The van der Waals surface area contributed by atoms with Gasteiger partial charge < -0.3 is 20.1 Å². The molecule has 0 heterocycles. The van der Waals surface area contributed by atoms with Crippen molar-refractivity contribution < 1.29 is 29.6 Å². The van der Waals surface area contributed by atoms with Crippen LogP contribution >= 0.6 is 0 Å². The van der Waals surface area contributed by atoms with Gasteiger partial charge in [0.2, 0.25) is 0 Å². The van der Waals surface area contributed by atoms with E-state index in [0.29, 0.717) is 6.42 Å². The molecule has 1 aromatic carbocycles. The van der Waals surface area contributed by atoms with Gasteiger partial charge in [-0.1, -0.05) is 65.0 Å². The minimum Gasteiger partial charge on any atom is -0.458 e. The van der Waals surface area contributed by atoms with Crippen LogP contribution in [0, 0.1) is 39.9 Å². The Kier molecular flexibility index (Phi) is 5.45. The highest BCUT2D eigenvalue weighted by Gasteiger charge is 2.80. The van der Waals surface area contributed by atoms with Crippen LogP contribution < -0.4 is 0 Å². The lowest BCUT2D eigenvalue weighted by Gasteiger charge is -2.72. The van der Waals surface area contributed by atoms with Gasteiger partial charge in [0.05, 0.1) is 18.1 Å². The summed E-state index contributed by atoms with van der Waals surface area (Å²) in [5, 5.41) is 34.8. The number of ether oxygens (including phenoxy) is 1.